The Balaban J connectivity index is 2.19. The smallest absolute Gasteiger partial charge is 0.257 e. The molecule has 1 saturated carbocycles. The van der Waals surface area contributed by atoms with Gasteiger partial charge in [-0.1, -0.05) is 25.7 Å². The number of hydrazine groups is 1. The van der Waals surface area contributed by atoms with Crippen LogP contribution in [0.25, 0.3) is 0 Å². The van der Waals surface area contributed by atoms with E-state index in [0.717, 1.165) is 17.3 Å². The first-order chi connectivity index (χ1) is 9.63. The Hall–Kier alpha value is -1.14. The van der Waals surface area contributed by atoms with Gasteiger partial charge in [-0.15, -0.1) is 0 Å². The quantitative estimate of drug-likeness (QED) is 0.504. The van der Waals surface area contributed by atoms with Crippen molar-refractivity contribution >= 4 is 27.7 Å². The minimum absolute atomic E-state index is 0.0290. The average Bonchev–Trinajstić information content (AvgIpc) is 2.74. The van der Waals surface area contributed by atoms with Gasteiger partial charge in [-0.3, -0.25) is 4.79 Å². The van der Waals surface area contributed by atoms with Gasteiger partial charge in [0.2, 0.25) is 0 Å². The number of carbonyl (C=O) groups excluding carboxylic acids is 1. The van der Waals surface area contributed by atoms with E-state index in [2.05, 4.69) is 26.3 Å². The summed E-state index contributed by atoms with van der Waals surface area (Å²) in [4.78, 5) is 18.6. The highest BCUT2D eigenvalue weighted by atomic mass is 79.9. The highest BCUT2D eigenvalue weighted by Gasteiger charge is 2.24. The van der Waals surface area contributed by atoms with E-state index in [1.807, 2.05) is 11.9 Å². The second-order valence-corrected chi connectivity index (χ2v) is 6.17. The Kier molecular flexibility index (Phi) is 5.37. The van der Waals surface area contributed by atoms with Crippen LogP contribution in [-0.2, 0) is 0 Å². The zero-order valence-corrected chi connectivity index (χ0v) is 13.3. The normalized spacial score (nSPS) is 16.6. The number of nitrogens with one attached hydrogen (secondary N) is 1. The lowest BCUT2D eigenvalue weighted by atomic mass is 10.1. The predicted molar refractivity (Wildman–Crippen MR) is 83.3 cm³/mol. The highest BCUT2D eigenvalue weighted by molar-refractivity contribution is 9.10. The Morgan fingerprint density at radius 3 is 2.65 bits per heavy atom. The average molecular weight is 341 g/mol. The molecule has 1 aliphatic carbocycles. The van der Waals surface area contributed by atoms with Gasteiger partial charge in [0.05, 0.1) is 5.56 Å². The zero-order chi connectivity index (χ0) is 14.5. The SMILES string of the molecule is CN(C(=O)c1cc(Br)cnc1NN)C1CCCCCC1. The number of amides is 1. The van der Waals surface area contributed by atoms with Gasteiger partial charge >= 0.3 is 0 Å². The van der Waals surface area contributed by atoms with Crippen LogP contribution in [0.1, 0.15) is 48.9 Å². The van der Waals surface area contributed by atoms with Gasteiger partial charge in [0.1, 0.15) is 0 Å². The van der Waals surface area contributed by atoms with Crippen LogP contribution < -0.4 is 11.3 Å². The van der Waals surface area contributed by atoms with E-state index >= 15 is 0 Å². The Labute approximate surface area is 128 Å². The van der Waals surface area contributed by atoms with Gasteiger partial charge < -0.3 is 10.3 Å². The molecule has 1 fully saturated rings. The number of halogens is 1. The molecule has 1 aromatic rings. The topological polar surface area (TPSA) is 71.2 Å². The number of anilines is 1. The molecule has 0 saturated heterocycles. The van der Waals surface area contributed by atoms with Crippen molar-refractivity contribution in [2.75, 3.05) is 12.5 Å². The molecule has 0 radical (unpaired) electrons. The van der Waals surface area contributed by atoms with Gasteiger partial charge in [-0.2, -0.15) is 0 Å². The lowest BCUT2D eigenvalue weighted by molar-refractivity contribution is 0.0718. The molecule has 0 atom stereocenters. The van der Waals surface area contributed by atoms with Crippen LogP contribution in [0.3, 0.4) is 0 Å². The molecule has 1 aliphatic rings. The van der Waals surface area contributed by atoms with Crippen molar-refractivity contribution in [3.8, 4) is 0 Å². The zero-order valence-electron chi connectivity index (χ0n) is 11.7. The summed E-state index contributed by atoms with van der Waals surface area (Å²) < 4.78 is 0.772. The summed E-state index contributed by atoms with van der Waals surface area (Å²) >= 11 is 3.35. The summed E-state index contributed by atoms with van der Waals surface area (Å²) in [6, 6.07) is 2.08. The van der Waals surface area contributed by atoms with E-state index in [1.165, 1.54) is 25.7 Å². The largest absolute Gasteiger partial charge is 0.339 e. The van der Waals surface area contributed by atoms with E-state index in [9.17, 15) is 4.79 Å². The molecule has 0 aliphatic heterocycles. The molecule has 6 heteroatoms. The summed E-state index contributed by atoms with van der Waals surface area (Å²) in [5, 5.41) is 0. The number of pyridine rings is 1. The third-order valence-corrected chi connectivity index (χ3v) is 4.35. The summed E-state index contributed by atoms with van der Waals surface area (Å²) in [7, 11) is 1.87. The van der Waals surface area contributed by atoms with Crippen molar-refractivity contribution in [2.24, 2.45) is 5.84 Å². The number of nitrogens with zero attached hydrogens (tertiary/aromatic N) is 2. The molecular weight excluding hydrogens is 320 g/mol. The van der Waals surface area contributed by atoms with E-state index in [-0.39, 0.29) is 5.91 Å². The molecule has 3 N–H and O–H groups in total. The van der Waals surface area contributed by atoms with Gasteiger partial charge in [0.25, 0.3) is 5.91 Å². The number of aromatic nitrogens is 1. The first-order valence-corrected chi connectivity index (χ1v) is 7.82. The second kappa shape index (κ2) is 7.04. The molecule has 5 nitrogen and oxygen atoms in total. The van der Waals surface area contributed by atoms with Crippen molar-refractivity contribution in [3.63, 3.8) is 0 Å². The third-order valence-electron chi connectivity index (χ3n) is 3.91. The van der Waals surface area contributed by atoms with Gasteiger partial charge in [0, 0.05) is 23.8 Å². The fourth-order valence-electron chi connectivity index (χ4n) is 2.72. The molecule has 0 bridgehead atoms. The Bertz CT molecular complexity index is 472. The molecule has 1 amide bonds. The lowest BCUT2D eigenvalue weighted by Gasteiger charge is -2.27. The van der Waals surface area contributed by atoms with E-state index in [1.54, 1.807) is 12.3 Å². The van der Waals surface area contributed by atoms with Gasteiger partial charge in [0.15, 0.2) is 5.82 Å². The van der Waals surface area contributed by atoms with Crippen molar-refractivity contribution < 1.29 is 4.79 Å². The molecule has 1 aromatic heterocycles. The molecular formula is C14H21BrN4O. The number of rotatable bonds is 3. The van der Waals surface area contributed by atoms with Crippen molar-refractivity contribution in [3.05, 3.63) is 22.3 Å². The van der Waals surface area contributed by atoms with Crippen LogP contribution in [0.5, 0.6) is 0 Å². The van der Waals surface area contributed by atoms with Crippen molar-refractivity contribution in [1.29, 1.82) is 0 Å². The molecule has 110 valence electrons. The molecule has 0 spiro atoms. The van der Waals surface area contributed by atoms with Gasteiger partial charge in [-0.05, 0) is 34.8 Å². The third kappa shape index (κ3) is 3.49. The monoisotopic (exact) mass is 340 g/mol. The molecule has 2 rings (SSSR count). The second-order valence-electron chi connectivity index (χ2n) is 5.26. The maximum atomic E-state index is 12.7. The predicted octanol–water partition coefficient (Wildman–Crippen LogP) is 2.92. The van der Waals surface area contributed by atoms with Crippen molar-refractivity contribution in [2.45, 2.75) is 44.6 Å². The molecule has 20 heavy (non-hydrogen) atoms. The summed E-state index contributed by atoms with van der Waals surface area (Å²) in [6.45, 7) is 0. The first-order valence-electron chi connectivity index (χ1n) is 7.03. The molecule has 0 aromatic carbocycles. The van der Waals surface area contributed by atoms with Crippen LogP contribution in [0.2, 0.25) is 0 Å². The van der Waals surface area contributed by atoms with Crippen LogP contribution in [0.15, 0.2) is 16.7 Å². The standard InChI is InChI=1S/C14H21BrN4O/c1-19(11-6-4-2-3-5-7-11)14(20)12-8-10(15)9-17-13(12)18-16/h8-9,11H,2-7,16H2,1H3,(H,17,18). The first kappa shape index (κ1) is 15.3. The summed E-state index contributed by atoms with van der Waals surface area (Å²) in [6.07, 6.45) is 8.71. The summed E-state index contributed by atoms with van der Waals surface area (Å²) in [5.74, 6) is 5.83. The Morgan fingerprint density at radius 1 is 1.40 bits per heavy atom. The van der Waals surface area contributed by atoms with E-state index < -0.39 is 0 Å². The number of nitrogen functional groups attached to an aromatic ring is 1. The van der Waals surface area contributed by atoms with E-state index in [0.29, 0.717) is 17.4 Å². The summed E-state index contributed by atoms with van der Waals surface area (Å²) in [5.41, 5.74) is 3.00. The van der Waals surface area contributed by atoms with Crippen molar-refractivity contribution in [1.82, 2.24) is 9.88 Å². The fraction of sp³-hybridized carbons (Fsp3) is 0.571. The lowest BCUT2D eigenvalue weighted by Crippen LogP contribution is -2.37. The number of nitrogens with two attached hydrogens (primary N) is 1. The number of hydrogen-bond acceptors (Lipinski definition) is 4. The minimum atomic E-state index is -0.0290. The Morgan fingerprint density at radius 2 is 2.05 bits per heavy atom. The molecule has 1 heterocycles. The maximum absolute atomic E-state index is 12.7. The molecule has 0 unspecified atom stereocenters. The van der Waals surface area contributed by atoms with Gasteiger partial charge in [-0.25, -0.2) is 10.8 Å². The maximum Gasteiger partial charge on any atom is 0.257 e. The minimum Gasteiger partial charge on any atom is -0.339 e. The van der Waals surface area contributed by atoms with Crippen LogP contribution in [0, 0.1) is 0 Å². The van der Waals surface area contributed by atoms with E-state index in [4.69, 9.17) is 5.84 Å². The van der Waals surface area contributed by atoms with Crippen LogP contribution in [-0.4, -0.2) is 28.9 Å². The fourth-order valence-corrected chi connectivity index (χ4v) is 3.05. The highest BCUT2D eigenvalue weighted by Crippen LogP contribution is 2.24. The van der Waals surface area contributed by atoms with Crippen LogP contribution >= 0.6 is 15.9 Å². The number of carbonyl (C=O) groups is 1. The number of hydrogen-bond donors (Lipinski definition) is 2. The van der Waals surface area contributed by atoms with Crippen LogP contribution in [0.4, 0.5) is 5.82 Å².